The zero-order valence-corrected chi connectivity index (χ0v) is 22.0. The first-order valence-electron chi connectivity index (χ1n) is 12.4. The lowest BCUT2D eigenvalue weighted by molar-refractivity contribution is -0.148. The fraction of sp³-hybridized carbons (Fsp3) is 0.333. The zero-order chi connectivity index (χ0) is 24.7. The van der Waals surface area contributed by atoms with Gasteiger partial charge < -0.3 is 9.67 Å². The highest BCUT2D eigenvalue weighted by Gasteiger charge is 2.70. The van der Waals surface area contributed by atoms with Gasteiger partial charge in [-0.05, 0) is 49.0 Å². The molecule has 0 spiro atoms. The van der Waals surface area contributed by atoms with Crippen LogP contribution in [0.2, 0.25) is 0 Å². The standard InChI is InChI=1S/C30H33O3PS/c1-23(19-21-34(32,24-12-6-3-7-13-24)25-14-8-4-9-15-25)27-18-20-30(31)28(22-29(27,30)2)35(33)26-16-10-5-11-17-26/h3-17,19,21,23,27-28,31H,18,20,22H2,1-2H3/b21-19+/t23-,27-,28-,29-,30+,35?/m1/s1. The van der Waals surface area contributed by atoms with Crippen LogP contribution in [0.4, 0.5) is 0 Å². The molecular formula is C30H33O3PS. The van der Waals surface area contributed by atoms with Crippen molar-refractivity contribution in [2.45, 2.75) is 48.9 Å². The average Bonchev–Trinajstić information content (AvgIpc) is 3.10. The molecule has 0 saturated heterocycles. The van der Waals surface area contributed by atoms with Crippen molar-refractivity contribution in [1.29, 1.82) is 0 Å². The van der Waals surface area contributed by atoms with E-state index >= 15 is 0 Å². The van der Waals surface area contributed by atoms with E-state index < -0.39 is 23.5 Å². The molecule has 0 aliphatic heterocycles. The van der Waals surface area contributed by atoms with Gasteiger partial charge in [-0.15, -0.1) is 0 Å². The lowest BCUT2D eigenvalue weighted by Crippen LogP contribution is -2.66. The third-order valence-corrected chi connectivity index (χ3v) is 13.1. The van der Waals surface area contributed by atoms with Crippen molar-refractivity contribution in [3.8, 4) is 0 Å². The van der Waals surface area contributed by atoms with Gasteiger partial charge in [0.25, 0.3) is 0 Å². The molecule has 5 rings (SSSR count). The van der Waals surface area contributed by atoms with Crippen LogP contribution < -0.4 is 10.6 Å². The summed E-state index contributed by atoms with van der Waals surface area (Å²) in [6, 6.07) is 28.9. The Balaban J connectivity index is 1.39. The Labute approximate surface area is 211 Å². The van der Waals surface area contributed by atoms with Gasteiger partial charge >= 0.3 is 0 Å². The highest BCUT2D eigenvalue weighted by Crippen LogP contribution is 2.66. The maximum atomic E-state index is 14.4. The van der Waals surface area contributed by atoms with Gasteiger partial charge in [0.1, 0.15) is 0 Å². The second-order valence-electron chi connectivity index (χ2n) is 10.3. The second kappa shape index (κ2) is 9.32. The van der Waals surface area contributed by atoms with E-state index in [2.05, 4.69) is 19.9 Å². The van der Waals surface area contributed by atoms with Crippen molar-refractivity contribution in [3.63, 3.8) is 0 Å². The number of rotatable bonds is 7. The Hall–Kier alpha value is -2.26. The lowest BCUT2D eigenvalue weighted by Gasteiger charge is -2.58. The topological polar surface area (TPSA) is 54.4 Å². The number of hydrogen-bond acceptors (Lipinski definition) is 3. The van der Waals surface area contributed by atoms with Crippen LogP contribution in [0, 0.1) is 17.3 Å². The smallest absolute Gasteiger partial charge is 0.163 e. The van der Waals surface area contributed by atoms with Gasteiger partial charge in [-0.25, -0.2) is 0 Å². The molecule has 0 radical (unpaired) electrons. The van der Waals surface area contributed by atoms with E-state index in [1.165, 1.54) is 0 Å². The highest BCUT2D eigenvalue weighted by molar-refractivity contribution is 7.85. The van der Waals surface area contributed by atoms with Gasteiger partial charge in [0, 0.05) is 20.9 Å². The summed E-state index contributed by atoms with van der Waals surface area (Å²) in [5, 5.41) is 13.1. The predicted molar refractivity (Wildman–Crippen MR) is 145 cm³/mol. The molecule has 0 aromatic heterocycles. The average molecular weight is 505 g/mol. The molecule has 2 fully saturated rings. The Morgan fingerprint density at radius 3 is 2.00 bits per heavy atom. The molecule has 2 aliphatic rings. The minimum Gasteiger partial charge on any atom is -0.388 e. The van der Waals surface area contributed by atoms with Gasteiger partial charge in [-0.1, -0.05) is 98.8 Å². The molecule has 2 saturated carbocycles. The minimum absolute atomic E-state index is 0.140. The van der Waals surface area contributed by atoms with Crippen LogP contribution in [-0.2, 0) is 15.4 Å². The van der Waals surface area contributed by atoms with E-state index in [0.717, 1.165) is 28.3 Å². The molecule has 5 heteroatoms. The third kappa shape index (κ3) is 4.00. The van der Waals surface area contributed by atoms with Crippen molar-refractivity contribution in [1.82, 2.24) is 0 Å². The van der Waals surface area contributed by atoms with Gasteiger partial charge in [-0.3, -0.25) is 4.21 Å². The van der Waals surface area contributed by atoms with Gasteiger partial charge in [-0.2, -0.15) is 0 Å². The van der Waals surface area contributed by atoms with Gasteiger partial charge in [0.05, 0.1) is 21.7 Å². The summed E-state index contributed by atoms with van der Waals surface area (Å²) < 4.78 is 27.6. The van der Waals surface area contributed by atoms with Crippen LogP contribution in [0.25, 0.3) is 0 Å². The number of fused-ring (bicyclic) bond motifs is 1. The molecule has 3 aromatic carbocycles. The van der Waals surface area contributed by atoms with Gasteiger partial charge in [0.15, 0.2) is 7.14 Å². The lowest BCUT2D eigenvalue weighted by atomic mass is 9.54. The molecule has 1 unspecified atom stereocenters. The van der Waals surface area contributed by atoms with E-state index in [1.54, 1.807) is 0 Å². The van der Waals surface area contributed by atoms with Crippen molar-refractivity contribution < 1.29 is 13.9 Å². The van der Waals surface area contributed by atoms with Crippen molar-refractivity contribution in [2.24, 2.45) is 17.3 Å². The Morgan fingerprint density at radius 1 is 0.943 bits per heavy atom. The van der Waals surface area contributed by atoms with E-state index in [4.69, 9.17) is 0 Å². The van der Waals surface area contributed by atoms with Crippen LogP contribution in [0.3, 0.4) is 0 Å². The molecule has 2 aliphatic carbocycles. The summed E-state index contributed by atoms with van der Waals surface area (Å²) in [4.78, 5) is 0.788. The molecule has 3 aromatic rings. The summed E-state index contributed by atoms with van der Waals surface area (Å²) in [5.74, 6) is 2.30. The molecule has 6 atom stereocenters. The van der Waals surface area contributed by atoms with E-state index in [1.807, 2.05) is 96.8 Å². The monoisotopic (exact) mass is 504 g/mol. The molecule has 182 valence electrons. The molecule has 0 amide bonds. The number of benzene rings is 3. The fourth-order valence-electron chi connectivity index (χ4n) is 6.41. The van der Waals surface area contributed by atoms with E-state index in [0.29, 0.717) is 6.42 Å². The minimum atomic E-state index is -2.93. The van der Waals surface area contributed by atoms with Gasteiger partial charge in [0.2, 0.25) is 0 Å². The summed E-state index contributed by atoms with van der Waals surface area (Å²) in [6.07, 6.45) is 4.37. The number of aliphatic hydroxyl groups is 1. The first-order valence-corrected chi connectivity index (χ1v) is 15.4. The number of allylic oxidation sites excluding steroid dienone is 1. The highest BCUT2D eigenvalue weighted by atomic mass is 32.2. The van der Waals surface area contributed by atoms with Crippen molar-refractivity contribution in [3.05, 3.63) is 103 Å². The van der Waals surface area contributed by atoms with Crippen molar-refractivity contribution in [2.75, 3.05) is 0 Å². The third-order valence-electron chi connectivity index (χ3n) is 8.53. The summed E-state index contributed by atoms with van der Waals surface area (Å²) in [6.45, 7) is 4.32. The van der Waals surface area contributed by atoms with E-state index in [9.17, 15) is 13.9 Å². The normalized spacial score (nSPS) is 29.9. The maximum absolute atomic E-state index is 14.4. The second-order valence-corrected chi connectivity index (χ2v) is 14.6. The Bertz CT molecular complexity index is 1230. The van der Waals surface area contributed by atoms with Crippen LogP contribution in [0.1, 0.15) is 33.1 Å². The fourth-order valence-corrected chi connectivity index (χ4v) is 10.8. The SMILES string of the molecule is C[C@H](/C=C/P(=O)(c1ccccc1)c1ccccc1)[C@H]1CC[C@]2(O)[C@H](S(=O)c3ccccc3)C[C@]12C. The summed E-state index contributed by atoms with van der Waals surface area (Å²) in [5.41, 5.74) is -1.22. The zero-order valence-electron chi connectivity index (χ0n) is 20.3. The Kier molecular flexibility index (Phi) is 6.50. The van der Waals surface area contributed by atoms with E-state index in [-0.39, 0.29) is 22.5 Å². The van der Waals surface area contributed by atoms with Crippen molar-refractivity contribution >= 4 is 28.6 Å². The largest absolute Gasteiger partial charge is 0.388 e. The summed E-state index contributed by atoms with van der Waals surface area (Å²) >= 11 is 0. The molecule has 35 heavy (non-hydrogen) atoms. The first-order chi connectivity index (χ1) is 16.8. The van der Waals surface area contributed by atoms with Crippen LogP contribution in [0.5, 0.6) is 0 Å². The molecule has 0 bridgehead atoms. The van der Waals surface area contributed by atoms with Crippen LogP contribution in [0.15, 0.2) is 108 Å². The quantitative estimate of drug-likeness (QED) is 0.409. The molecular weight excluding hydrogens is 471 g/mol. The number of hydrogen-bond donors (Lipinski definition) is 1. The van der Waals surface area contributed by atoms with Crippen LogP contribution in [-0.4, -0.2) is 20.2 Å². The van der Waals surface area contributed by atoms with Crippen LogP contribution >= 0.6 is 7.14 Å². The maximum Gasteiger partial charge on any atom is 0.163 e. The Morgan fingerprint density at radius 2 is 1.46 bits per heavy atom. The summed E-state index contributed by atoms with van der Waals surface area (Å²) in [7, 11) is -4.16. The molecule has 0 heterocycles. The predicted octanol–water partition coefficient (Wildman–Crippen LogP) is 5.88. The molecule has 1 N–H and O–H groups in total. The first kappa shape index (κ1) is 24.4. The molecule has 3 nitrogen and oxygen atoms in total.